The van der Waals surface area contributed by atoms with Gasteiger partial charge in [-0.1, -0.05) is 154 Å². The molecule has 1 aliphatic rings. The van der Waals surface area contributed by atoms with Crippen molar-refractivity contribution in [2.24, 2.45) is 0 Å². The lowest BCUT2D eigenvalue weighted by Crippen LogP contribution is -2.60. The molecule has 11 heteroatoms. The summed E-state index contributed by atoms with van der Waals surface area (Å²) in [6.45, 7) is 3.36. The molecule has 52 heavy (non-hydrogen) atoms. The molecule has 0 radical (unpaired) electrons. The number of ether oxygens (including phenoxy) is 2. The van der Waals surface area contributed by atoms with Gasteiger partial charge in [0.05, 0.1) is 25.4 Å². The lowest BCUT2D eigenvalue weighted by molar-refractivity contribution is -0.303. The van der Waals surface area contributed by atoms with Crippen LogP contribution in [0, 0.1) is 0 Å². The fraction of sp³-hybridized carbons (Fsp3) is 0.878. The predicted octanol–water partition coefficient (Wildman–Crippen LogP) is 5.49. The van der Waals surface area contributed by atoms with Crippen molar-refractivity contribution in [2.75, 3.05) is 13.2 Å². The van der Waals surface area contributed by atoms with Crippen LogP contribution in [0.2, 0.25) is 0 Å². The number of carbonyl (C=O) groups is 1. The Labute approximate surface area is 314 Å². The summed E-state index contributed by atoms with van der Waals surface area (Å²) in [5, 5.41) is 75.2. The number of hydrogen-bond donors (Lipinski definition) is 8. The van der Waals surface area contributed by atoms with Gasteiger partial charge in [0.2, 0.25) is 5.91 Å². The van der Waals surface area contributed by atoms with Crippen LogP contribution in [-0.2, 0) is 14.3 Å². The minimum atomic E-state index is -1.67. The standard InChI is InChI=1S/C41H77NO10/c1-3-5-7-9-11-13-15-17-19-20-22-24-26-28-33(44)36(46)32(31-51-41-39(49)38(48)37(47)35(30-43)52-41)42-40(50)34(45)29-27-25-23-21-18-16-14-12-10-8-6-4-2/h18,21,25,27,32-39,41,43-49H,3-17,19-20,22-24,26,28-31H2,1-2H3,(H,42,50)/b21-18-,27-25-. The van der Waals surface area contributed by atoms with Crippen LogP contribution >= 0.6 is 0 Å². The van der Waals surface area contributed by atoms with Crippen LogP contribution in [0.1, 0.15) is 162 Å². The highest BCUT2D eigenvalue weighted by Crippen LogP contribution is 2.23. The lowest BCUT2D eigenvalue weighted by Gasteiger charge is -2.40. The van der Waals surface area contributed by atoms with Gasteiger partial charge in [0.25, 0.3) is 0 Å². The van der Waals surface area contributed by atoms with Crippen LogP contribution in [-0.4, -0.2) is 110 Å². The zero-order valence-corrected chi connectivity index (χ0v) is 32.5. The van der Waals surface area contributed by atoms with Gasteiger partial charge in [-0.25, -0.2) is 0 Å². The quantitative estimate of drug-likeness (QED) is 0.0315. The Morgan fingerprint density at radius 1 is 0.692 bits per heavy atom. The van der Waals surface area contributed by atoms with E-state index >= 15 is 0 Å². The number of unbranched alkanes of at least 4 members (excludes halogenated alkanes) is 18. The molecule has 0 bridgehead atoms. The van der Waals surface area contributed by atoms with Gasteiger partial charge in [0.1, 0.15) is 36.6 Å². The van der Waals surface area contributed by atoms with Gasteiger partial charge in [0.15, 0.2) is 6.29 Å². The zero-order valence-electron chi connectivity index (χ0n) is 32.5. The van der Waals surface area contributed by atoms with Gasteiger partial charge in [-0.05, 0) is 25.7 Å². The third-order valence-corrected chi connectivity index (χ3v) is 10.0. The molecule has 0 aromatic rings. The molecule has 1 amide bonds. The van der Waals surface area contributed by atoms with E-state index in [2.05, 4.69) is 31.3 Å². The van der Waals surface area contributed by atoms with E-state index in [9.17, 15) is 40.5 Å². The Morgan fingerprint density at radius 2 is 1.21 bits per heavy atom. The molecular formula is C41H77NO10. The van der Waals surface area contributed by atoms with Gasteiger partial charge < -0.3 is 50.5 Å². The van der Waals surface area contributed by atoms with Gasteiger partial charge in [0, 0.05) is 6.42 Å². The lowest BCUT2D eigenvalue weighted by atomic mass is 9.98. The highest BCUT2D eigenvalue weighted by molar-refractivity contribution is 5.81. The fourth-order valence-corrected chi connectivity index (χ4v) is 6.48. The summed E-state index contributed by atoms with van der Waals surface area (Å²) in [7, 11) is 0. The Balaban J connectivity index is 2.58. The van der Waals surface area contributed by atoms with Crippen molar-refractivity contribution in [3.8, 4) is 0 Å². The molecule has 11 nitrogen and oxygen atoms in total. The van der Waals surface area contributed by atoms with Crippen LogP contribution in [0.3, 0.4) is 0 Å². The summed E-state index contributed by atoms with van der Waals surface area (Å²) >= 11 is 0. The average molecular weight is 744 g/mol. The first-order valence-electron chi connectivity index (χ1n) is 20.7. The summed E-state index contributed by atoms with van der Waals surface area (Å²) in [5.41, 5.74) is 0. The number of hydrogen-bond acceptors (Lipinski definition) is 10. The van der Waals surface area contributed by atoms with Crippen molar-refractivity contribution in [2.45, 2.75) is 217 Å². The molecule has 0 aromatic carbocycles. The first-order valence-corrected chi connectivity index (χ1v) is 20.7. The van der Waals surface area contributed by atoms with Crippen molar-refractivity contribution in [1.82, 2.24) is 5.32 Å². The second-order valence-electron chi connectivity index (χ2n) is 14.7. The molecule has 9 unspecified atom stereocenters. The number of rotatable bonds is 33. The van der Waals surface area contributed by atoms with Gasteiger partial charge in [-0.3, -0.25) is 4.79 Å². The van der Waals surface area contributed by atoms with E-state index in [1.54, 1.807) is 6.08 Å². The topological polar surface area (TPSA) is 189 Å². The maximum Gasteiger partial charge on any atom is 0.249 e. The zero-order chi connectivity index (χ0) is 38.4. The molecule has 306 valence electrons. The molecule has 9 atom stereocenters. The molecule has 0 saturated carbocycles. The second-order valence-corrected chi connectivity index (χ2v) is 14.7. The van der Waals surface area contributed by atoms with Gasteiger partial charge in [-0.15, -0.1) is 0 Å². The van der Waals surface area contributed by atoms with Crippen molar-refractivity contribution >= 4 is 5.91 Å². The first kappa shape index (κ1) is 48.6. The number of aliphatic hydroxyl groups excluding tert-OH is 7. The maximum atomic E-state index is 13.0. The highest BCUT2D eigenvalue weighted by atomic mass is 16.7. The fourth-order valence-electron chi connectivity index (χ4n) is 6.48. The third kappa shape index (κ3) is 22.1. The Hall–Kier alpha value is -1.41. The van der Waals surface area contributed by atoms with E-state index in [0.717, 1.165) is 25.7 Å². The largest absolute Gasteiger partial charge is 0.394 e. The number of amides is 1. The third-order valence-electron chi connectivity index (χ3n) is 10.0. The number of nitrogens with one attached hydrogen (secondary N) is 1. The van der Waals surface area contributed by atoms with Crippen molar-refractivity contribution in [3.05, 3.63) is 24.3 Å². The van der Waals surface area contributed by atoms with Gasteiger partial charge in [-0.2, -0.15) is 0 Å². The average Bonchev–Trinajstić information content (AvgIpc) is 3.14. The van der Waals surface area contributed by atoms with E-state index in [0.29, 0.717) is 19.3 Å². The molecule has 1 fully saturated rings. The highest BCUT2D eigenvalue weighted by Gasteiger charge is 2.44. The maximum absolute atomic E-state index is 13.0. The van der Waals surface area contributed by atoms with Crippen molar-refractivity contribution < 1.29 is 50.0 Å². The van der Waals surface area contributed by atoms with E-state index in [1.165, 1.54) is 96.3 Å². The predicted molar refractivity (Wildman–Crippen MR) is 205 cm³/mol. The molecule has 1 rings (SSSR count). The van der Waals surface area contributed by atoms with E-state index in [4.69, 9.17) is 9.47 Å². The molecular weight excluding hydrogens is 666 g/mol. The van der Waals surface area contributed by atoms with Gasteiger partial charge >= 0.3 is 0 Å². The van der Waals surface area contributed by atoms with Crippen LogP contribution < -0.4 is 5.32 Å². The van der Waals surface area contributed by atoms with E-state index in [-0.39, 0.29) is 6.42 Å². The minimum absolute atomic E-state index is 0.0506. The van der Waals surface area contributed by atoms with E-state index in [1.807, 2.05) is 6.08 Å². The van der Waals surface area contributed by atoms with Crippen molar-refractivity contribution in [3.63, 3.8) is 0 Å². The molecule has 1 aliphatic heterocycles. The number of allylic oxidation sites excluding steroid dienone is 3. The van der Waals surface area contributed by atoms with Crippen molar-refractivity contribution in [1.29, 1.82) is 0 Å². The summed E-state index contributed by atoms with van der Waals surface area (Å²) in [5.74, 6) is -0.766. The Bertz CT molecular complexity index is 903. The van der Waals surface area contributed by atoms with Crippen LogP contribution in [0.5, 0.6) is 0 Å². The number of aliphatic hydroxyl groups is 7. The SMILES string of the molecule is CCCCCCCC/C=C\C/C=C\CC(O)C(=O)NC(COC1OC(CO)C(O)C(O)C1O)C(O)C(O)CCCCCCCCCCCCCCC. The molecule has 0 aromatic heterocycles. The summed E-state index contributed by atoms with van der Waals surface area (Å²) in [4.78, 5) is 13.0. The Morgan fingerprint density at radius 3 is 1.77 bits per heavy atom. The van der Waals surface area contributed by atoms with Crippen LogP contribution in [0.4, 0.5) is 0 Å². The molecule has 8 N–H and O–H groups in total. The summed E-state index contributed by atoms with van der Waals surface area (Å²) in [6.07, 6.45) is 21.1. The normalized spacial score (nSPS) is 23.3. The molecule has 1 heterocycles. The number of carbonyl (C=O) groups excluding carboxylic acids is 1. The van der Waals surface area contributed by atoms with E-state index < -0.39 is 74.2 Å². The molecule has 1 saturated heterocycles. The first-order chi connectivity index (χ1) is 25.2. The van der Waals surface area contributed by atoms with Crippen LogP contribution in [0.25, 0.3) is 0 Å². The summed E-state index contributed by atoms with van der Waals surface area (Å²) in [6, 6.07) is -1.19. The monoisotopic (exact) mass is 744 g/mol. The molecule has 0 spiro atoms. The smallest absolute Gasteiger partial charge is 0.249 e. The second kappa shape index (κ2) is 31.9. The Kier molecular flexibility index (Phi) is 29.8. The molecule has 0 aliphatic carbocycles. The van der Waals surface area contributed by atoms with Crippen LogP contribution in [0.15, 0.2) is 24.3 Å². The minimum Gasteiger partial charge on any atom is -0.394 e. The summed E-state index contributed by atoms with van der Waals surface area (Å²) < 4.78 is 11.0.